The van der Waals surface area contributed by atoms with Crippen LogP contribution in [0.15, 0.2) is 54.6 Å². The monoisotopic (exact) mass is 353 g/mol. The summed E-state index contributed by atoms with van der Waals surface area (Å²) in [4.78, 5) is 9.15. The Labute approximate surface area is 153 Å². The predicted molar refractivity (Wildman–Crippen MR) is 99.4 cm³/mol. The molecule has 2 aliphatic rings. The lowest BCUT2D eigenvalue weighted by Crippen LogP contribution is -2.45. The first-order valence-corrected chi connectivity index (χ1v) is 8.85. The highest BCUT2D eigenvalue weighted by Gasteiger charge is 2.21. The lowest BCUT2D eigenvalue weighted by atomic mass is 10.2. The Balaban J connectivity index is 1.39. The topological polar surface area (TPSA) is 47.1 Å². The number of para-hydroxylation sites is 2. The normalized spacial score (nSPS) is 18.3. The van der Waals surface area contributed by atoms with Gasteiger partial charge in [-0.1, -0.05) is 18.2 Å². The third-order valence-electron chi connectivity index (χ3n) is 4.57. The molecule has 3 heterocycles. The van der Waals surface area contributed by atoms with Crippen molar-refractivity contribution in [2.24, 2.45) is 0 Å². The van der Waals surface area contributed by atoms with Crippen molar-refractivity contribution in [3.05, 3.63) is 60.1 Å². The van der Waals surface area contributed by atoms with Crippen LogP contribution in [0.25, 0.3) is 0 Å². The van der Waals surface area contributed by atoms with Gasteiger partial charge in [-0.05, 0) is 18.2 Å². The molecule has 2 aliphatic heterocycles. The fourth-order valence-electron chi connectivity index (χ4n) is 3.29. The van der Waals surface area contributed by atoms with Crippen LogP contribution in [0.2, 0.25) is 0 Å². The second-order valence-corrected chi connectivity index (χ2v) is 6.38. The zero-order valence-electron chi connectivity index (χ0n) is 14.9. The van der Waals surface area contributed by atoms with Gasteiger partial charge in [0.25, 0.3) is 0 Å². The smallest absolute Gasteiger partial charge is 0.169 e. The molecule has 1 aromatic heterocycles. The standard InChI is InChI=1S/C20H23N3O3/c1-24-14-16-5-4-8-21-20(16)23-11-9-22(10-12-23)13-17-15-25-18-6-2-3-7-19(18)26-17/h2-8,13H,9-12,14-15H2,1H3/b17-13-. The quantitative estimate of drug-likeness (QED) is 0.842. The highest BCUT2D eigenvalue weighted by atomic mass is 16.6. The SMILES string of the molecule is COCc1cccnc1N1CCN(/C=C2/COc3ccccc3O2)CC1. The Hall–Kier alpha value is -2.73. The Bertz CT molecular complexity index is 785. The minimum Gasteiger partial charge on any atom is -0.482 e. The zero-order chi connectivity index (χ0) is 17.8. The van der Waals surface area contributed by atoms with E-state index in [1.807, 2.05) is 36.5 Å². The highest BCUT2D eigenvalue weighted by Crippen LogP contribution is 2.32. The van der Waals surface area contributed by atoms with Gasteiger partial charge in [0.1, 0.15) is 12.4 Å². The van der Waals surface area contributed by atoms with Crippen molar-refractivity contribution in [3.63, 3.8) is 0 Å². The Kier molecular flexibility index (Phi) is 4.93. The maximum Gasteiger partial charge on any atom is 0.169 e. The average Bonchev–Trinajstić information content (AvgIpc) is 2.69. The number of piperazine rings is 1. The fraction of sp³-hybridized carbons (Fsp3) is 0.350. The molecule has 2 aromatic rings. The van der Waals surface area contributed by atoms with Crippen molar-refractivity contribution < 1.29 is 14.2 Å². The molecule has 26 heavy (non-hydrogen) atoms. The van der Waals surface area contributed by atoms with Crippen molar-refractivity contribution >= 4 is 5.82 Å². The van der Waals surface area contributed by atoms with Crippen LogP contribution in [-0.2, 0) is 11.3 Å². The van der Waals surface area contributed by atoms with E-state index in [-0.39, 0.29) is 0 Å². The molecule has 0 bridgehead atoms. The van der Waals surface area contributed by atoms with Crippen molar-refractivity contribution in [3.8, 4) is 11.5 Å². The van der Waals surface area contributed by atoms with Crippen LogP contribution in [-0.4, -0.2) is 49.8 Å². The molecule has 1 fully saturated rings. The molecular formula is C20H23N3O3. The number of hydrogen-bond donors (Lipinski definition) is 0. The Morgan fingerprint density at radius 3 is 2.69 bits per heavy atom. The van der Waals surface area contributed by atoms with E-state index in [0.29, 0.717) is 13.2 Å². The summed E-state index contributed by atoms with van der Waals surface area (Å²) in [5.41, 5.74) is 1.13. The molecule has 0 atom stereocenters. The second-order valence-electron chi connectivity index (χ2n) is 6.38. The molecule has 0 spiro atoms. The summed E-state index contributed by atoms with van der Waals surface area (Å²) in [5.74, 6) is 3.44. The van der Waals surface area contributed by atoms with Crippen molar-refractivity contribution in [2.45, 2.75) is 6.61 Å². The molecular weight excluding hydrogens is 330 g/mol. The van der Waals surface area contributed by atoms with E-state index in [2.05, 4.69) is 27.1 Å². The summed E-state index contributed by atoms with van der Waals surface area (Å²) in [6, 6.07) is 11.8. The van der Waals surface area contributed by atoms with Gasteiger partial charge in [-0.2, -0.15) is 0 Å². The number of fused-ring (bicyclic) bond motifs is 1. The number of nitrogens with zero attached hydrogens (tertiary/aromatic N) is 3. The van der Waals surface area contributed by atoms with Crippen LogP contribution < -0.4 is 14.4 Å². The van der Waals surface area contributed by atoms with E-state index in [1.165, 1.54) is 0 Å². The Morgan fingerprint density at radius 2 is 1.88 bits per heavy atom. The summed E-state index contributed by atoms with van der Waals surface area (Å²) in [6.07, 6.45) is 3.91. The Morgan fingerprint density at radius 1 is 1.08 bits per heavy atom. The molecule has 136 valence electrons. The number of aromatic nitrogens is 1. The lowest BCUT2D eigenvalue weighted by molar-refractivity contribution is 0.184. The van der Waals surface area contributed by atoms with Gasteiger partial charge < -0.3 is 24.0 Å². The first-order valence-electron chi connectivity index (χ1n) is 8.85. The molecule has 6 nitrogen and oxygen atoms in total. The van der Waals surface area contributed by atoms with Gasteiger partial charge in [-0.15, -0.1) is 0 Å². The maximum atomic E-state index is 5.95. The molecule has 6 heteroatoms. The van der Waals surface area contributed by atoms with Gasteiger partial charge in [-0.25, -0.2) is 4.98 Å². The largest absolute Gasteiger partial charge is 0.482 e. The number of pyridine rings is 1. The minimum atomic E-state index is 0.468. The van der Waals surface area contributed by atoms with Crippen LogP contribution in [0, 0.1) is 0 Å². The van der Waals surface area contributed by atoms with E-state index >= 15 is 0 Å². The van der Waals surface area contributed by atoms with Gasteiger partial charge in [0, 0.05) is 51.2 Å². The van der Waals surface area contributed by atoms with E-state index < -0.39 is 0 Å². The van der Waals surface area contributed by atoms with Crippen molar-refractivity contribution in [1.29, 1.82) is 0 Å². The lowest BCUT2D eigenvalue weighted by Gasteiger charge is -2.36. The predicted octanol–water partition coefficient (Wildman–Crippen LogP) is 2.66. The molecule has 0 N–H and O–H groups in total. The van der Waals surface area contributed by atoms with Crippen molar-refractivity contribution in [2.75, 3.05) is 44.8 Å². The van der Waals surface area contributed by atoms with Gasteiger partial charge in [0.2, 0.25) is 0 Å². The first-order chi connectivity index (χ1) is 12.8. The third-order valence-corrected chi connectivity index (χ3v) is 4.57. The number of hydrogen-bond acceptors (Lipinski definition) is 6. The molecule has 1 saturated heterocycles. The van der Waals surface area contributed by atoms with E-state index in [4.69, 9.17) is 14.2 Å². The number of ether oxygens (including phenoxy) is 3. The van der Waals surface area contributed by atoms with Crippen LogP contribution in [0.3, 0.4) is 0 Å². The van der Waals surface area contributed by atoms with Gasteiger partial charge in [-0.3, -0.25) is 0 Å². The summed E-state index contributed by atoms with van der Waals surface area (Å²) in [6.45, 7) is 4.70. The molecule has 0 unspecified atom stereocenters. The van der Waals surface area contributed by atoms with Crippen LogP contribution in [0.5, 0.6) is 11.5 Å². The number of benzene rings is 1. The molecule has 1 aromatic carbocycles. The van der Waals surface area contributed by atoms with Gasteiger partial charge in [0.05, 0.1) is 6.61 Å². The molecule has 0 radical (unpaired) electrons. The summed E-state index contributed by atoms with van der Waals surface area (Å²) < 4.78 is 17.0. The number of anilines is 1. The summed E-state index contributed by atoms with van der Waals surface area (Å²) in [7, 11) is 1.71. The van der Waals surface area contributed by atoms with Crippen molar-refractivity contribution in [1.82, 2.24) is 9.88 Å². The molecule has 0 amide bonds. The average molecular weight is 353 g/mol. The second kappa shape index (κ2) is 7.66. The third kappa shape index (κ3) is 3.60. The zero-order valence-corrected chi connectivity index (χ0v) is 14.9. The summed E-state index contributed by atoms with van der Waals surface area (Å²) >= 11 is 0. The van der Waals surface area contributed by atoms with E-state index in [0.717, 1.165) is 54.8 Å². The van der Waals surface area contributed by atoms with Crippen LogP contribution in [0.4, 0.5) is 5.82 Å². The fourth-order valence-corrected chi connectivity index (χ4v) is 3.29. The highest BCUT2D eigenvalue weighted by molar-refractivity contribution is 5.47. The molecule has 0 aliphatic carbocycles. The van der Waals surface area contributed by atoms with E-state index in [1.54, 1.807) is 7.11 Å². The maximum absolute atomic E-state index is 5.95. The molecule has 0 saturated carbocycles. The number of methoxy groups -OCH3 is 1. The van der Waals surface area contributed by atoms with E-state index in [9.17, 15) is 0 Å². The number of rotatable bonds is 4. The summed E-state index contributed by atoms with van der Waals surface area (Å²) in [5, 5.41) is 0. The van der Waals surface area contributed by atoms with Crippen LogP contribution in [0.1, 0.15) is 5.56 Å². The molecule has 4 rings (SSSR count). The first kappa shape index (κ1) is 16.7. The van der Waals surface area contributed by atoms with Gasteiger partial charge in [0.15, 0.2) is 17.3 Å². The minimum absolute atomic E-state index is 0.468. The van der Waals surface area contributed by atoms with Crippen LogP contribution >= 0.6 is 0 Å². The van der Waals surface area contributed by atoms with Gasteiger partial charge >= 0.3 is 0 Å².